The van der Waals surface area contributed by atoms with Crippen LogP contribution >= 0.6 is 0 Å². The number of amides is 2. The van der Waals surface area contributed by atoms with Crippen molar-refractivity contribution in [1.82, 2.24) is 0 Å². The first kappa shape index (κ1) is 23.4. The number of hydrogen-bond donors (Lipinski definition) is 2. The summed E-state index contributed by atoms with van der Waals surface area (Å²) in [7, 11) is 0. The first-order valence-electron chi connectivity index (χ1n) is 10.9. The maximum absolute atomic E-state index is 12.9. The first-order chi connectivity index (χ1) is 16.5. The van der Waals surface area contributed by atoms with Crippen LogP contribution in [0.2, 0.25) is 0 Å². The Morgan fingerprint density at radius 2 is 1.76 bits per heavy atom. The first-order valence-corrected chi connectivity index (χ1v) is 10.9. The van der Waals surface area contributed by atoms with Crippen molar-refractivity contribution in [3.05, 3.63) is 89.5 Å². The topological polar surface area (TPSA) is 76.7 Å². The molecule has 1 atom stereocenters. The number of ether oxygens (including phenoxy) is 2. The minimum atomic E-state index is -2.96. The summed E-state index contributed by atoms with van der Waals surface area (Å²) in [5.74, 6) is -0.590. The molecule has 1 fully saturated rings. The average molecular weight is 466 g/mol. The maximum atomic E-state index is 12.9. The summed E-state index contributed by atoms with van der Waals surface area (Å²) in [6.07, 6.45) is 1.39. The largest absolute Gasteiger partial charge is 0.435 e. The predicted molar refractivity (Wildman–Crippen MR) is 124 cm³/mol. The molecule has 3 aromatic carbocycles. The van der Waals surface area contributed by atoms with Crippen molar-refractivity contribution in [2.24, 2.45) is 0 Å². The molecular weight excluding hydrogens is 442 g/mol. The van der Waals surface area contributed by atoms with Crippen LogP contribution in [0.25, 0.3) is 0 Å². The Kier molecular flexibility index (Phi) is 7.49. The van der Waals surface area contributed by atoms with Crippen LogP contribution in [0.15, 0.2) is 72.8 Å². The van der Waals surface area contributed by atoms with Crippen molar-refractivity contribution in [1.29, 1.82) is 0 Å². The van der Waals surface area contributed by atoms with Gasteiger partial charge in [0.05, 0.1) is 0 Å². The smallest absolute Gasteiger partial charge is 0.387 e. The molecule has 2 N–H and O–H groups in total. The Balaban J connectivity index is 1.48. The summed E-state index contributed by atoms with van der Waals surface area (Å²) >= 11 is 0. The van der Waals surface area contributed by atoms with E-state index in [-0.39, 0.29) is 11.7 Å². The number of alkyl halides is 2. The van der Waals surface area contributed by atoms with E-state index in [1.807, 2.05) is 30.3 Å². The number of benzene rings is 3. The fraction of sp³-hybridized carbons (Fsp3) is 0.231. The standard InChI is InChI=1S/C26H24F2N2O4/c27-26(28)34-22-12-11-21(16-19(22)14-17-6-2-1-3-7-17)29-24(31)18-8-4-9-20(15-18)30-25(32)23-10-5-13-33-23/h1-4,6-9,11-12,15-16,23,26H,5,10,13-14H2,(H,29,31)(H,30,32). The van der Waals surface area contributed by atoms with E-state index >= 15 is 0 Å². The van der Waals surface area contributed by atoms with Crippen molar-refractivity contribution in [2.45, 2.75) is 32.0 Å². The lowest BCUT2D eigenvalue weighted by atomic mass is 10.0. The van der Waals surface area contributed by atoms with E-state index in [1.165, 1.54) is 12.1 Å². The molecule has 8 heteroatoms. The van der Waals surface area contributed by atoms with E-state index in [0.29, 0.717) is 42.0 Å². The van der Waals surface area contributed by atoms with Crippen LogP contribution in [0.4, 0.5) is 20.2 Å². The van der Waals surface area contributed by atoms with Gasteiger partial charge in [0.15, 0.2) is 0 Å². The molecule has 4 rings (SSSR count). The van der Waals surface area contributed by atoms with Gasteiger partial charge in [0.1, 0.15) is 11.9 Å². The second-order valence-corrected chi connectivity index (χ2v) is 7.89. The average Bonchev–Trinajstić information content (AvgIpc) is 3.37. The van der Waals surface area contributed by atoms with E-state index in [9.17, 15) is 18.4 Å². The van der Waals surface area contributed by atoms with Gasteiger partial charge in [-0.05, 0) is 54.8 Å². The van der Waals surface area contributed by atoms with Gasteiger partial charge in [-0.2, -0.15) is 8.78 Å². The molecule has 1 aliphatic rings. The molecule has 6 nitrogen and oxygen atoms in total. The Morgan fingerprint density at radius 3 is 2.50 bits per heavy atom. The molecule has 0 aromatic heterocycles. The van der Waals surface area contributed by atoms with Crippen molar-refractivity contribution in [2.75, 3.05) is 17.2 Å². The molecule has 176 valence electrons. The zero-order valence-corrected chi connectivity index (χ0v) is 18.3. The minimum Gasteiger partial charge on any atom is -0.435 e. The third-order valence-corrected chi connectivity index (χ3v) is 5.39. The van der Waals surface area contributed by atoms with Crippen LogP contribution < -0.4 is 15.4 Å². The van der Waals surface area contributed by atoms with Gasteiger partial charge < -0.3 is 20.1 Å². The minimum absolute atomic E-state index is 0.0516. The Bertz CT molecular complexity index is 1150. The number of carbonyl (C=O) groups excluding carboxylic acids is 2. The van der Waals surface area contributed by atoms with Gasteiger partial charge in [-0.1, -0.05) is 36.4 Å². The number of hydrogen-bond acceptors (Lipinski definition) is 4. The lowest BCUT2D eigenvalue weighted by Gasteiger charge is -2.14. The van der Waals surface area contributed by atoms with Gasteiger partial charge in [0.2, 0.25) is 0 Å². The Morgan fingerprint density at radius 1 is 0.971 bits per heavy atom. The van der Waals surface area contributed by atoms with Gasteiger partial charge in [0, 0.05) is 35.5 Å². The van der Waals surface area contributed by atoms with Gasteiger partial charge in [-0.3, -0.25) is 9.59 Å². The third kappa shape index (κ3) is 6.17. The van der Waals surface area contributed by atoms with Crippen molar-refractivity contribution >= 4 is 23.2 Å². The van der Waals surface area contributed by atoms with Crippen LogP contribution in [0.5, 0.6) is 5.75 Å². The van der Waals surface area contributed by atoms with Gasteiger partial charge in [0.25, 0.3) is 11.8 Å². The molecule has 1 heterocycles. The van der Waals surface area contributed by atoms with Crippen LogP contribution in [-0.4, -0.2) is 31.1 Å². The second kappa shape index (κ2) is 10.9. The molecule has 0 aliphatic carbocycles. The zero-order valence-electron chi connectivity index (χ0n) is 18.3. The highest BCUT2D eigenvalue weighted by molar-refractivity contribution is 6.05. The Labute approximate surface area is 195 Å². The highest BCUT2D eigenvalue weighted by Crippen LogP contribution is 2.27. The summed E-state index contributed by atoms with van der Waals surface area (Å²) in [4.78, 5) is 25.1. The van der Waals surface area contributed by atoms with E-state index in [0.717, 1.165) is 12.0 Å². The van der Waals surface area contributed by atoms with Crippen molar-refractivity contribution in [3.63, 3.8) is 0 Å². The predicted octanol–water partition coefficient (Wildman–Crippen LogP) is 5.25. The van der Waals surface area contributed by atoms with Crippen LogP contribution in [0.3, 0.4) is 0 Å². The quantitative estimate of drug-likeness (QED) is 0.476. The number of rotatable bonds is 8. The van der Waals surface area contributed by atoms with E-state index in [4.69, 9.17) is 4.74 Å². The van der Waals surface area contributed by atoms with Gasteiger partial charge in [-0.15, -0.1) is 0 Å². The van der Waals surface area contributed by atoms with Gasteiger partial charge >= 0.3 is 6.61 Å². The molecule has 2 amide bonds. The van der Waals surface area contributed by atoms with Crippen LogP contribution in [0, 0.1) is 0 Å². The van der Waals surface area contributed by atoms with E-state index < -0.39 is 18.6 Å². The molecule has 0 spiro atoms. The fourth-order valence-corrected chi connectivity index (χ4v) is 3.77. The van der Waals surface area contributed by atoms with Crippen LogP contribution in [-0.2, 0) is 16.0 Å². The normalized spacial score (nSPS) is 15.2. The fourth-order valence-electron chi connectivity index (χ4n) is 3.77. The maximum Gasteiger partial charge on any atom is 0.387 e. The summed E-state index contributed by atoms with van der Waals surface area (Å²) in [5.41, 5.74) is 2.69. The molecule has 1 aliphatic heterocycles. The molecule has 0 saturated carbocycles. The summed E-state index contributed by atoms with van der Waals surface area (Å²) in [6.45, 7) is -2.39. The molecular formula is C26H24F2N2O4. The zero-order chi connectivity index (χ0) is 23.9. The molecule has 1 unspecified atom stereocenters. The molecule has 34 heavy (non-hydrogen) atoms. The molecule has 1 saturated heterocycles. The monoisotopic (exact) mass is 466 g/mol. The summed E-state index contributed by atoms with van der Waals surface area (Å²) < 4.78 is 35.8. The number of halogens is 2. The lowest BCUT2D eigenvalue weighted by molar-refractivity contribution is -0.124. The molecule has 0 radical (unpaired) electrons. The number of nitrogens with one attached hydrogen (secondary N) is 2. The van der Waals surface area contributed by atoms with Gasteiger partial charge in [-0.25, -0.2) is 0 Å². The SMILES string of the molecule is O=C(Nc1ccc(OC(F)F)c(Cc2ccccc2)c1)c1cccc(NC(=O)C2CCCO2)c1. The highest BCUT2D eigenvalue weighted by Gasteiger charge is 2.23. The molecule has 3 aromatic rings. The lowest BCUT2D eigenvalue weighted by Crippen LogP contribution is -2.27. The Hall–Kier alpha value is -3.78. The van der Waals surface area contributed by atoms with Crippen LogP contribution in [0.1, 0.15) is 34.3 Å². The summed E-state index contributed by atoms with van der Waals surface area (Å²) in [5, 5.41) is 5.55. The summed E-state index contributed by atoms with van der Waals surface area (Å²) in [6, 6.07) is 20.4. The number of carbonyl (C=O) groups is 2. The third-order valence-electron chi connectivity index (χ3n) is 5.39. The van der Waals surface area contributed by atoms with E-state index in [2.05, 4.69) is 15.4 Å². The molecule has 0 bridgehead atoms. The highest BCUT2D eigenvalue weighted by atomic mass is 19.3. The van der Waals surface area contributed by atoms with Crippen molar-refractivity contribution < 1.29 is 27.8 Å². The number of anilines is 2. The van der Waals surface area contributed by atoms with Crippen molar-refractivity contribution in [3.8, 4) is 5.75 Å². The second-order valence-electron chi connectivity index (χ2n) is 7.89. The van der Waals surface area contributed by atoms with E-state index in [1.54, 1.807) is 30.3 Å².